The molecular formula is C16H30N2O4. The Labute approximate surface area is 133 Å². The number of esters is 1. The van der Waals surface area contributed by atoms with Gasteiger partial charge >= 0.3 is 12.1 Å². The third-order valence-electron chi connectivity index (χ3n) is 3.14. The van der Waals surface area contributed by atoms with Crippen LogP contribution in [0.2, 0.25) is 0 Å². The molecule has 0 aliphatic carbocycles. The maximum atomic E-state index is 12.4. The molecule has 1 heterocycles. The van der Waals surface area contributed by atoms with Crippen LogP contribution in [0.3, 0.4) is 0 Å². The van der Waals surface area contributed by atoms with Crippen LogP contribution >= 0.6 is 0 Å². The van der Waals surface area contributed by atoms with Crippen molar-refractivity contribution < 1.29 is 19.1 Å². The molecule has 2 unspecified atom stereocenters. The summed E-state index contributed by atoms with van der Waals surface area (Å²) in [6, 6.07) is -0.693. The first kappa shape index (κ1) is 18.7. The van der Waals surface area contributed by atoms with Gasteiger partial charge in [0.05, 0.1) is 0 Å². The van der Waals surface area contributed by atoms with Crippen molar-refractivity contribution in [1.29, 1.82) is 0 Å². The van der Waals surface area contributed by atoms with Crippen molar-refractivity contribution in [3.63, 3.8) is 0 Å². The minimum Gasteiger partial charge on any atom is -0.458 e. The molecule has 2 N–H and O–H groups in total. The van der Waals surface area contributed by atoms with Crippen molar-refractivity contribution in [2.45, 2.75) is 71.6 Å². The lowest BCUT2D eigenvalue weighted by Crippen LogP contribution is -2.53. The van der Waals surface area contributed by atoms with Crippen LogP contribution < -0.4 is 10.6 Å². The molecular weight excluding hydrogens is 284 g/mol. The van der Waals surface area contributed by atoms with Gasteiger partial charge in [-0.15, -0.1) is 0 Å². The zero-order valence-electron chi connectivity index (χ0n) is 14.6. The smallest absolute Gasteiger partial charge is 0.408 e. The minimum absolute atomic E-state index is 0.0103. The number of ether oxygens (including phenoxy) is 2. The van der Waals surface area contributed by atoms with E-state index in [1.54, 1.807) is 20.8 Å². The van der Waals surface area contributed by atoms with E-state index in [1.165, 1.54) is 0 Å². The molecule has 6 nitrogen and oxygen atoms in total. The number of rotatable bonds is 3. The van der Waals surface area contributed by atoms with Crippen LogP contribution in [0.4, 0.5) is 4.79 Å². The van der Waals surface area contributed by atoms with Crippen molar-refractivity contribution in [3.05, 3.63) is 0 Å². The van der Waals surface area contributed by atoms with E-state index in [-0.39, 0.29) is 5.92 Å². The van der Waals surface area contributed by atoms with Crippen LogP contribution in [0.5, 0.6) is 0 Å². The van der Waals surface area contributed by atoms with E-state index in [4.69, 9.17) is 9.47 Å². The van der Waals surface area contributed by atoms with E-state index in [1.807, 2.05) is 20.8 Å². The fourth-order valence-corrected chi connectivity index (χ4v) is 2.33. The van der Waals surface area contributed by atoms with Gasteiger partial charge in [0.15, 0.2) is 0 Å². The average molecular weight is 314 g/mol. The Balaban J connectivity index is 2.77. The lowest BCUT2D eigenvalue weighted by molar-refractivity contribution is -0.159. The van der Waals surface area contributed by atoms with Crippen LogP contribution in [-0.4, -0.2) is 42.4 Å². The summed E-state index contributed by atoms with van der Waals surface area (Å²) in [5.41, 5.74) is -1.19. The topological polar surface area (TPSA) is 76.7 Å². The second-order valence-electron chi connectivity index (χ2n) is 7.76. The fraction of sp³-hybridized carbons (Fsp3) is 0.875. The molecule has 2 atom stereocenters. The number of alkyl carbamates (subject to hydrolysis) is 1. The summed E-state index contributed by atoms with van der Waals surface area (Å²) in [6.07, 6.45) is 1.25. The Morgan fingerprint density at radius 1 is 1.09 bits per heavy atom. The van der Waals surface area contributed by atoms with Gasteiger partial charge in [0.1, 0.15) is 17.2 Å². The predicted octanol–water partition coefficient (Wildman–Crippen LogP) is 2.22. The zero-order chi connectivity index (χ0) is 17.0. The second kappa shape index (κ2) is 7.31. The normalized spacial score (nSPS) is 20.9. The summed E-state index contributed by atoms with van der Waals surface area (Å²) in [4.78, 5) is 24.5. The van der Waals surface area contributed by atoms with Crippen molar-refractivity contribution in [2.24, 2.45) is 5.92 Å². The molecule has 0 aromatic carbocycles. The van der Waals surface area contributed by atoms with Gasteiger partial charge in [-0.25, -0.2) is 9.59 Å². The summed E-state index contributed by atoms with van der Waals surface area (Å²) >= 11 is 0. The maximum Gasteiger partial charge on any atom is 0.408 e. The molecule has 128 valence electrons. The van der Waals surface area contributed by atoms with E-state index in [0.717, 1.165) is 19.4 Å². The predicted molar refractivity (Wildman–Crippen MR) is 84.6 cm³/mol. The Morgan fingerprint density at radius 3 is 2.14 bits per heavy atom. The minimum atomic E-state index is -0.693. The maximum absolute atomic E-state index is 12.4. The van der Waals surface area contributed by atoms with E-state index in [2.05, 4.69) is 10.6 Å². The van der Waals surface area contributed by atoms with Gasteiger partial charge in [0.2, 0.25) is 0 Å². The number of carbonyl (C=O) groups excluding carboxylic acids is 2. The van der Waals surface area contributed by atoms with Gasteiger partial charge in [0, 0.05) is 12.5 Å². The second-order valence-corrected chi connectivity index (χ2v) is 7.76. The molecule has 0 bridgehead atoms. The molecule has 0 radical (unpaired) electrons. The lowest BCUT2D eigenvalue weighted by Gasteiger charge is -2.32. The molecule has 1 aliphatic rings. The fourth-order valence-electron chi connectivity index (χ4n) is 2.33. The molecule has 1 saturated heterocycles. The highest BCUT2D eigenvalue weighted by Gasteiger charge is 2.35. The largest absolute Gasteiger partial charge is 0.458 e. The number of amides is 1. The van der Waals surface area contributed by atoms with Crippen molar-refractivity contribution in [2.75, 3.05) is 13.1 Å². The summed E-state index contributed by atoms with van der Waals surface area (Å²) in [7, 11) is 0. The quantitative estimate of drug-likeness (QED) is 0.781. The number of hydrogen-bond acceptors (Lipinski definition) is 5. The Bertz CT molecular complexity index is 390. The van der Waals surface area contributed by atoms with E-state index in [0.29, 0.717) is 6.54 Å². The van der Waals surface area contributed by atoms with Crippen LogP contribution in [0.25, 0.3) is 0 Å². The summed E-state index contributed by atoms with van der Waals surface area (Å²) in [5, 5.41) is 5.94. The summed E-state index contributed by atoms with van der Waals surface area (Å²) < 4.78 is 10.7. The SMILES string of the molecule is CC(C)(C)OC(=O)NC(C(=O)OC(C)(C)C)C1CCCNC1. The van der Waals surface area contributed by atoms with Crippen LogP contribution in [0.15, 0.2) is 0 Å². The highest BCUT2D eigenvalue weighted by atomic mass is 16.6. The van der Waals surface area contributed by atoms with Crippen molar-refractivity contribution >= 4 is 12.1 Å². The molecule has 1 aliphatic heterocycles. The highest BCUT2D eigenvalue weighted by molar-refractivity contribution is 5.82. The van der Waals surface area contributed by atoms with Gasteiger partial charge in [-0.05, 0) is 60.9 Å². The van der Waals surface area contributed by atoms with Crippen LogP contribution in [0, 0.1) is 5.92 Å². The van der Waals surface area contributed by atoms with Gasteiger partial charge in [-0.1, -0.05) is 0 Å². The molecule has 0 aromatic rings. The van der Waals surface area contributed by atoms with Gasteiger partial charge in [-0.3, -0.25) is 0 Å². The molecule has 0 spiro atoms. The molecule has 0 aromatic heterocycles. The number of carbonyl (C=O) groups is 2. The van der Waals surface area contributed by atoms with E-state index >= 15 is 0 Å². The average Bonchev–Trinajstić information content (AvgIpc) is 2.32. The van der Waals surface area contributed by atoms with Crippen molar-refractivity contribution in [3.8, 4) is 0 Å². The highest BCUT2D eigenvalue weighted by Crippen LogP contribution is 2.19. The summed E-state index contributed by atoms with van der Waals surface area (Å²) in [5.74, 6) is -0.400. The first-order chi connectivity index (χ1) is 9.98. The molecule has 1 rings (SSSR count). The van der Waals surface area contributed by atoms with Crippen molar-refractivity contribution in [1.82, 2.24) is 10.6 Å². The van der Waals surface area contributed by atoms with Crippen LogP contribution in [-0.2, 0) is 14.3 Å². The monoisotopic (exact) mass is 314 g/mol. The lowest BCUT2D eigenvalue weighted by atomic mass is 9.91. The molecule has 1 fully saturated rings. The first-order valence-electron chi connectivity index (χ1n) is 7.91. The number of hydrogen-bond donors (Lipinski definition) is 2. The number of piperidine rings is 1. The third kappa shape index (κ3) is 7.11. The Hall–Kier alpha value is -1.30. The Kier molecular flexibility index (Phi) is 6.23. The third-order valence-corrected chi connectivity index (χ3v) is 3.14. The molecule has 6 heteroatoms. The van der Waals surface area contributed by atoms with Gasteiger partial charge in [0.25, 0.3) is 0 Å². The molecule has 0 saturated carbocycles. The summed E-state index contributed by atoms with van der Waals surface area (Å²) in [6.45, 7) is 12.4. The van der Waals surface area contributed by atoms with Crippen LogP contribution in [0.1, 0.15) is 54.4 Å². The Morgan fingerprint density at radius 2 is 1.68 bits per heavy atom. The standard InChI is InChI=1S/C16H30N2O4/c1-15(2,3)21-13(19)12(11-8-7-9-17-10-11)18-14(20)22-16(4,5)6/h11-12,17H,7-10H2,1-6H3,(H,18,20). The van der Waals surface area contributed by atoms with E-state index in [9.17, 15) is 9.59 Å². The molecule has 22 heavy (non-hydrogen) atoms. The number of nitrogens with one attached hydrogen (secondary N) is 2. The zero-order valence-corrected chi connectivity index (χ0v) is 14.6. The van der Waals surface area contributed by atoms with E-state index < -0.39 is 29.3 Å². The first-order valence-corrected chi connectivity index (χ1v) is 7.91. The van der Waals surface area contributed by atoms with Gasteiger partial charge in [-0.2, -0.15) is 0 Å². The van der Waals surface area contributed by atoms with Gasteiger partial charge < -0.3 is 20.1 Å². The molecule has 1 amide bonds.